The highest BCUT2D eigenvalue weighted by Gasteiger charge is 2.13. The molecule has 1 aromatic heterocycles. The van der Waals surface area contributed by atoms with E-state index in [-0.39, 0.29) is 12.1 Å². The number of oxazole rings is 1. The average molecular weight is 261 g/mol. The number of hydrogen-bond acceptors (Lipinski definition) is 5. The van der Waals surface area contributed by atoms with Gasteiger partial charge in [-0.3, -0.25) is 0 Å². The highest BCUT2D eigenvalue weighted by Crippen LogP contribution is 2.24. The number of nitrogens with one attached hydrogen (secondary N) is 1. The van der Waals surface area contributed by atoms with E-state index >= 15 is 0 Å². The van der Waals surface area contributed by atoms with E-state index in [4.69, 9.17) is 15.3 Å². The van der Waals surface area contributed by atoms with Crippen LogP contribution < -0.4 is 11.1 Å². The molecule has 6 nitrogen and oxygen atoms in total. The van der Waals surface area contributed by atoms with Crippen LogP contribution in [-0.4, -0.2) is 16.1 Å². The number of anilines is 2. The summed E-state index contributed by atoms with van der Waals surface area (Å²) in [5.41, 5.74) is 6.66. The second-order valence-electron chi connectivity index (χ2n) is 4.00. The molecule has 1 heterocycles. The lowest BCUT2D eigenvalue weighted by Gasteiger charge is -2.10. The third-order valence-electron chi connectivity index (χ3n) is 2.69. The molecular weight excluding hydrogens is 246 g/mol. The highest BCUT2D eigenvalue weighted by atomic mass is 16.4. The molecule has 0 unspecified atom stereocenters. The molecule has 0 aliphatic carbocycles. The maximum Gasteiger partial charge on any atom is 0.337 e. The first kappa shape index (κ1) is 12.9. The third kappa shape index (κ3) is 2.85. The van der Waals surface area contributed by atoms with Gasteiger partial charge < -0.3 is 20.6 Å². The third-order valence-corrected chi connectivity index (χ3v) is 2.69. The molecule has 6 heteroatoms. The van der Waals surface area contributed by atoms with Crippen LogP contribution in [0.4, 0.5) is 11.4 Å². The smallest absolute Gasteiger partial charge is 0.337 e. The highest BCUT2D eigenvalue weighted by molar-refractivity contribution is 5.97. The number of benzene rings is 1. The summed E-state index contributed by atoms with van der Waals surface area (Å²) >= 11 is 0. The van der Waals surface area contributed by atoms with Crippen molar-refractivity contribution in [1.82, 2.24) is 4.98 Å². The van der Waals surface area contributed by atoms with Gasteiger partial charge in [0, 0.05) is 6.42 Å². The minimum atomic E-state index is -1.03. The number of nitrogens with two attached hydrogens (primary N) is 1. The largest absolute Gasteiger partial charge is 0.478 e. The first-order chi connectivity index (χ1) is 9.11. The van der Waals surface area contributed by atoms with Crippen LogP contribution in [0.15, 0.2) is 28.8 Å². The quantitative estimate of drug-likeness (QED) is 0.713. The van der Waals surface area contributed by atoms with Gasteiger partial charge in [0.25, 0.3) is 0 Å². The van der Waals surface area contributed by atoms with Crippen LogP contribution in [-0.2, 0) is 13.0 Å². The second kappa shape index (κ2) is 5.43. The monoisotopic (exact) mass is 261 g/mol. The number of rotatable bonds is 5. The van der Waals surface area contributed by atoms with Crippen molar-refractivity contribution in [3.8, 4) is 0 Å². The summed E-state index contributed by atoms with van der Waals surface area (Å²) in [6, 6.07) is 4.74. The van der Waals surface area contributed by atoms with Crippen LogP contribution in [0.2, 0.25) is 0 Å². The molecule has 0 saturated carbocycles. The van der Waals surface area contributed by atoms with E-state index in [1.165, 1.54) is 6.07 Å². The zero-order valence-electron chi connectivity index (χ0n) is 10.5. The molecule has 0 bridgehead atoms. The van der Waals surface area contributed by atoms with E-state index in [0.29, 0.717) is 17.3 Å². The molecule has 0 saturated heterocycles. The predicted molar refractivity (Wildman–Crippen MR) is 71.0 cm³/mol. The zero-order chi connectivity index (χ0) is 13.8. The van der Waals surface area contributed by atoms with E-state index in [1.807, 2.05) is 6.92 Å². The Labute approximate surface area is 110 Å². The first-order valence-electron chi connectivity index (χ1n) is 5.91. The fourth-order valence-corrected chi connectivity index (χ4v) is 1.70. The minimum Gasteiger partial charge on any atom is -0.478 e. The Bertz CT molecular complexity index is 593. The van der Waals surface area contributed by atoms with Gasteiger partial charge in [0.05, 0.1) is 29.7 Å². The minimum absolute atomic E-state index is 0.127. The molecule has 0 aliphatic heterocycles. The fraction of sp³-hybridized carbons (Fsp3) is 0.231. The Morgan fingerprint density at radius 1 is 1.53 bits per heavy atom. The normalized spacial score (nSPS) is 10.4. The van der Waals surface area contributed by atoms with Crippen molar-refractivity contribution in [2.75, 3.05) is 11.1 Å². The summed E-state index contributed by atoms with van der Waals surface area (Å²) in [5.74, 6) is 0.254. The zero-order valence-corrected chi connectivity index (χ0v) is 10.5. The molecule has 0 radical (unpaired) electrons. The maximum atomic E-state index is 11.1. The summed E-state index contributed by atoms with van der Waals surface area (Å²) in [7, 11) is 0. The van der Waals surface area contributed by atoms with Gasteiger partial charge >= 0.3 is 5.97 Å². The van der Waals surface area contributed by atoms with Crippen molar-refractivity contribution in [1.29, 1.82) is 0 Å². The van der Waals surface area contributed by atoms with Gasteiger partial charge in [-0.25, -0.2) is 9.78 Å². The predicted octanol–water partition coefficient (Wildman–Crippen LogP) is 2.13. The number of aromatic carboxylic acids is 1. The number of carboxylic acid groups (broad SMARTS) is 1. The van der Waals surface area contributed by atoms with Gasteiger partial charge in [0.1, 0.15) is 5.76 Å². The lowest BCUT2D eigenvalue weighted by Crippen LogP contribution is -2.09. The van der Waals surface area contributed by atoms with Crippen molar-refractivity contribution in [3.63, 3.8) is 0 Å². The Hall–Kier alpha value is -2.50. The molecule has 100 valence electrons. The summed E-state index contributed by atoms with van der Waals surface area (Å²) < 4.78 is 5.43. The molecule has 1 aromatic carbocycles. The van der Waals surface area contributed by atoms with Gasteiger partial charge in [-0.05, 0) is 12.1 Å². The van der Waals surface area contributed by atoms with Crippen molar-refractivity contribution in [2.24, 2.45) is 0 Å². The molecule has 0 atom stereocenters. The lowest BCUT2D eigenvalue weighted by molar-refractivity contribution is 0.0698. The lowest BCUT2D eigenvalue weighted by atomic mass is 10.1. The summed E-state index contributed by atoms with van der Waals surface area (Å²) in [4.78, 5) is 15.2. The number of nitrogen functional groups attached to an aromatic ring is 1. The number of hydrogen-bond donors (Lipinski definition) is 3. The van der Waals surface area contributed by atoms with Crippen molar-refractivity contribution in [3.05, 3.63) is 41.6 Å². The van der Waals surface area contributed by atoms with Gasteiger partial charge in [0.15, 0.2) is 0 Å². The van der Waals surface area contributed by atoms with Crippen LogP contribution in [0.25, 0.3) is 0 Å². The molecule has 2 aromatic rings. The maximum absolute atomic E-state index is 11.1. The van der Waals surface area contributed by atoms with E-state index in [0.717, 1.165) is 12.2 Å². The van der Waals surface area contributed by atoms with Crippen LogP contribution in [0.1, 0.15) is 28.9 Å². The number of carbonyl (C=O) groups is 1. The standard InChI is InChI=1S/C13H15N3O3/c1-2-8-6-15-11(19-8)7-16-12-9(13(17)18)4-3-5-10(12)14/h3-6,16H,2,7,14H2,1H3,(H,17,18). The van der Waals surface area contributed by atoms with Crippen LogP contribution in [0, 0.1) is 0 Å². The van der Waals surface area contributed by atoms with E-state index in [2.05, 4.69) is 10.3 Å². The Balaban J connectivity index is 2.17. The molecule has 0 fully saturated rings. The number of para-hydroxylation sites is 1. The number of nitrogens with zero attached hydrogens (tertiary/aromatic N) is 1. The molecule has 4 N–H and O–H groups in total. The molecule has 2 rings (SSSR count). The summed E-state index contributed by atoms with van der Waals surface area (Å²) in [5, 5.41) is 12.0. The van der Waals surface area contributed by atoms with Crippen LogP contribution in [0.5, 0.6) is 0 Å². The van der Waals surface area contributed by atoms with Gasteiger partial charge in [-0.1, -0.05) is 13.0 Å². The molecule has 0 amide bonds. The van der Waals surface area contributed by atoms with E-state index in [9.17, 15) is 4.79 Å². The molecule has 19 heavy (non-hydrogen) atoms. The average Bonchev–Trinajstić information content (AvgIpc) is 2.85. The topological polar surface area (TPSA) is 101 Å². The Kier molecular flexibility index (Phi) is 3.70. The van der Waals surface area contributed by atoms with Gasteiger partial charge in [-0.2, -0.15) is 0 Å². The number of carboxylic acids is 1. The van der Waals surface area contributed by atoms with Crippen LogP contribution >= 0.6 is 0 Å². The molecule has 0 spiro atoms. The van der Waals surface area contributed by atoms with Gasteiger partial charge in [-0.15, -0.1) is 0 Å². The first-order valence-corrected chi connectivity index (χ1v) is 5.91. The number of aromatic nitrogens is 1. The Morgan fingerprint density at radius 2 is 2.32 bits per heavy atom. The SMILES string of the molecule is CCc1cnc(CNc2c(N)cccc2C(=O)O)o1. The van der Waals surface area contributed by atoms with E-state index < -0.39 is 5.97 Å². The Morgan fingerprint density at radius 3 is 2.95 bits per heavy atom. The summed E-state index contributed by atoms with van der Waals surface area (Å²) in [6.45, 7) is 2.25. The number of aryl methyl sites for hydroxylation is 1. The van der Waals surface area contributed by atoms with Gasteiger partial charge in [0.2, 0.25) is 5.89 Å². The van der Waals surface area contributed by atoms with E-state index in [1.54, 1.807) is 18.3 Å². The summed E-state index contributed by atoms with van der Waals surface area (Å²) in [6.07, 6.45) is 2.42. The molecular formula is C13H15N3O3. The fourth-order valence-electron chi connectivity index (χ4n) is 1.70. The second-order valence-corrected chi connectivity index (χ2v) is 4.00. The van der Waals surface area contributed by atoms with Crippen LogP contribution in [0.3, 0.4) is 0 Å². The van der Waals surface area contributed by atoms with Crippen molar-refractivity contribution in [2.45, 2.75) is 19.9 Å². The van der Waals surface area contributed by atoms with Crippen molar-refractivity contribution >= 4 is 17.3 Å². The van der Waals surface area contributed by atoms with Crippen molar-refractivity contribution < 1.29 is 14.3 Å². The molecule has 0 aliphatic rings.